The Labute approximate surface area is 112 Å². The van der Waals surface area contributed by atoms with E-state index < -0.39 is 5.97 Å². The number of carboxylic acid groups (broad SMARTS) is 1. The number of hydrogen-bond acceptors (Lipinski definition) is 3. The fourth-order valence-electron chi connectivity index (χ4n) is 1.95. The minimum atomic E-state index is -0.966. The van der Waals surface area contributed by atoms with Crippen molar-refractivity contribution in [3.63, 3.8) is 0 Å². The molecular weight excluding hydrogens is 246 g/mol. The number of rotatable bonds is 7. The molecule has 106 valence electrons. The molecule has 1 amide bonds. The lowest BCUT2D eigenvalue weighted by Gasteiger charge is -2.18. The van der Waals surface area contributed by atoms with Gasteiger partial charge in [-0.2, -0.15) is 5.10 Å². The summed E-state index contributed by atoms with van der Waals surface area (Å²) in [7, 11) is 0. The Bertz CT molecular complexity index is 440. The molecule has 0 fully saturated rings. The van der Waals surface area contributed by atoms with Crippen LogP contribution in [0.3, 0.4) is 0 Å². The third kappa shape index (κ3) is 4.73. The van der Waals surface area contributed by atoms with Crippen molar-refractivity contribution in [2.75, 3.05) is 5.32 Å². The quantitative estimate of drug-likeness (QED) is 0.791. The molecule has 2 N–H and O–H groups in total. The zero-order valence-corrected chi connectivity index (χ0v) is 11.6. The van der Waals surface area contributed by atoms with Crippen LogP contribution in [0.1, 0.15) is 33.6 Å². The Morgan fingerprint density at radius 2 is 2.16 bits per heavy atom. The van der Waals surface area contributed by atoms with Gasteiger partial charge in [-0.25, -0.2) is 0 Å². The maximum Gasteiger partial charge on any atom is 0.325 e. The zero-order chi connectivity index (χ0) is 14.4. The van der Waals surface area contributed by atoms with Crippen molar-refractivity contribution in [2.24, 2.45) is 11.8 Å². The SMILES string of the molecule is CCCC(C(=O)Nc1ccn(CC(=O)O)n1)C(C)C. The molecule has 0 aliphatic carbocycles. The van der Waals surface area contributed by atoms with E-state index in [1.54, 1.807) is 6.07 Å². The largest absolute Gasteiger partial charge is 0.480 e. The lowest BCUT2D eigenvalue weighted by molar-refractivity contribution is -0.137. The average Bonchev–Trinajstić information content (AvgIpc) is 2.71. The Kier molecular flexibility index (Phi) is 5.54. The molecule has 0 saturated carbocycles. The third-order valence-corrected chi connectivity index (χ3v) is 2.93. The Morgan fingerprint density at radius 3 is 2.68 bits per heavy atom. The summed E-state index contributed by atoms with van der Waals surface area (Å²) in [4.78, 5) is 22.6. The van der Waals surface area contributed by atoms with E-state index in [4.69, 9.17) is 5.11 Å². The second-order valence-corrected chi connectivity index (χ2v) is 4.92. The number of aromatic nitrogens is 2. The number of carbonyl (C=O) groups excluding carboxylic acids is 1. The highest BCUT2D eigenvalue weighted by atomic mass is 16.4. The van der Waals surface area contributed by atoms with Crippen LogP contribution in [0.25, 0.3) is 0 Å². The van der Waals surface area contributed by atoms with E-state index in [1.807, 2.05) is 20.8 Å². The topological polar surface area (TPSA) is 84.2 Å². The summed E-state index contributed by atoms with van der Waals surface area (Å²) in [6, 6.07) is 1.60. The minimum Gasteiger partial charge on any atom is -0.480 e. The highest BCUT2D eigenvalue weighted by Gasteiger charge is 2.21. The predicted molar refractivity (Wildman–Crippen MR) is 71.7 cm³/mol. The maximum atomic E-state index is 12.1. The van der Waals surface area contributed by atoms with Crippen LogP contribution in [-0.2, 0) is 16.1 Å². The Morgan fingerprint density at radius 1 is 1.47 bits per heavy atom. The molecule has 1 atom stereocenters. The van der Waals surface area contributed by atoms with E-state index in [1.165, 1.54) is 10.9 Å². The molecule has 1 heterocycles. The molecule has 0 radical (unpaired) electrons. The first-order valence-electron chi connectivity index (χ1n) is 6.50. The van der Waals surface area contributed by atoms with Gasteiger partial charge in [-0.3, -0.25) is 14.3 Å². The van der Waals surface area contributed by atoms with Crippen LogP contribution < -0.4 is 5.32 Å². The second-order valence-electron chi connectivity index (χ2n) is 4.92. The molecular formula is C13H21N3O3. The van der Waals surface area contributed by atoms with Gasteiger partial charge in [0.2, 0.25) is 5.91 Å². The fraction of sp³-hybridized carbons (Fsp3) is 0.615. The highest BCUT2D eigenvalue weighted by molar-refractivity contribution is 5.91. The van der Waals surface area contributed by atoms with Crippen molar-refractivity contribution < 1.29 is 14.7 Å². The summed E-state index contributed by atoms with van der Waals surface area (Å²) in [6.45, 7) is 5.87. The maximum absolute atomic E-state index is 12.1. The van der Waals surface area contributed by atoms with Crippen molar-refractivity contribution >= 4 is 17.7 Å². The number of anilines is 1. The normalized spacial score (nSPS) is 12.4. The van der Waals surface area contributed by atoms with Gasteiger partial charge < -0.3 is 10.4 Å². The number of hydrogen-bond donors (Lipinski definition) is 2. The van der Waals surface area contributed by atoms with Crippen LogP contribution in [0.15, 0.2) is 12.3 Å². The first-order chi connectivity index (χ1) is 8.93. The van der Waals surface area contributed by atoms with Crippen LogP contribution in [0.2, 0.25) is 0 Å². The smallest absolute Gasteiger partial charge is 0.325 e. The zero-order valence-electron chi connectivity index (χ0n) is 11.6. The van der Waals surface area contributed by atoms with Crippen molar-refractivity contribution in [3.05, 3.63) is 12.3 Å². The van der Waals surface area contributed by atoms with Crippen molar-refractivity contribution in [1.82, 2.24) is 9.78 Å². The van der Waals surface area contributed by atoms with Gasteiger partial charge in [0.15, 0.2) is 5.82 Å². The van der Waals surface area contributed by atoms with E-state index in [0.717, 1.165) is 12.8 Å². The van der Waals surface area contributed by atoms with Crippen molar-refractivity contribution in [2.45, 2.75) is 40.2 Å². The monoisotopic (exact) mass is 267 g/mol. The third-order valence-electron chi connectivity index (χ3n) is 2.93. The molecule has 0 saturated heterocycles. The molecule has 1 aromatic heterocycles. The summed E-state index contributed by atoms with van der Waals surface area (Å²) < 4.78 is 1.28. The van der Waals surface area contributed by atoms with Crippen LogP contribution in [0.4, 0.5) is 5.82 Å². The lowest BCUT2D eigenvalue weighted by Crippen LogP contribution is -2.27. The van der Waals surface area contributed by atoms with Gasteiger partial charge in [0.25, 0.3) is 0 Å². The van der Waals surface area contributed by atoms with Gasteiger partial charge in [-0.15, -0.1) is 0 Å². The number of carboxylic acids is 1. The summed E-state index contributed by atoms with van der Waals surface area (Å²) in [5.41, 5.74) is 0. The molecule has 0 aliphatic rings. The highest BCUT2D eigenvalue weighted by Crippen LogP contribution is 2.19. The summed E-state index contributed by atoms with van der Waals surface area (Å²) in [5, 5.41) is 15.4. The molecule has 19 heavy (non-hydrogen) atoms. The van der Waals surface area contributed by atoms with E-state index >= 15 is 0 Å². The van der Waals surface area contributed by atoms with Crippen molar-refractivity contribution in [1.29, 1.82) is 0 Å². The summed E-state index contributed by atoms with van der Waals surface area (Å²) in [5.74, 6) is -0.409. The van der Waals surface area contributed by atoms with E-state index in [2.05, 4.69) is 10.4 Å². The molecule has 0 aromatic carbocycles. The van der Waals surface area contributed by atoms with Gasteiger partial charge in [0.1, 0.15) is 6.54 Å². The van der Waals surface area contributed by atoms with Crippen LogP contribution >= 0.6 is 0 Å². The van der Waals surface area contributed by atoms with Crippen LogP contribution in [-0.4, -0.2) is 26.8 Å². The predicted octanol–water partition coefficient (Wildman–Crippen LogP) is 1.98. The van der Waals surface area contributed by atoms with Gasteiger partial charge in [0.05, 0.1) is 0 Å². The van der Waals surface area contributed by atoms with Gasteiger partial charge in [-0.05, 0) is 12.3 Å². The van der Waals surface area contributed by atoms with E-state index in [-0.39, 0.29) is 24.3 Å². The molecule has 1 unspecified atom stereocenters. The van der Waals surface area contributed by atoms with E-state index in [9.17, 15) is 9.59 Å². The number of nitrogens with one attached hydrogen (secondary N) is 1. The molecule has 6 nitrogen and oxygen atoms in total. The second kappa shape index (κ2) is 6.92. The van der Waals surface area contributed by atoms with Crippen molar-refractivity contribution in [3.8, 4) is 0 Å². The fourth-order valence-corrected chi connectivity index (χ4v) is 1.95. The van der Waals surface area contributed by atoms with Gasteiger partial charge in [-0.1, -0.05) is 27.2 Å². The first-order valence-corrected chi connectivity index (χ1v) is 6.50. The molecule has 6 heteroatoms. The number of carbonyl (C=O) groups is 2. The summed E-state index contributed by atoms with van der Waals surface area (Å²) >= 11 is 0. The van der Waals surface area contributed by atoms with Crippen LogP contribution in [0.5, 0.6) is 0 Å². The van der Waals surface area contributed by atoms with Crippen LogP contribution in [0, 0.1) is 11.8 Å². The molecule has 0 bridgehead atoms. The molecule has 0 aliphatic heterocycles. The average molecular weight is 267 g/mol. The molecule has 1 rings (SSSR count). The Balaban J connectivity index is 2.64. The standard InChI is InChI=1S/C13H21N3O3/c1-4-5-10(9(2)3)13(19)14-11-6-7-16(15-11)8-12(17)18/h6-7,9-10H,4-5,8H2,1-3H3,(H,17,18)(H,14,15,19). The van der Waals surface area contributed by atoms with Gasteiger partial charge >= 0.3 is 5.97 Å². The van der Waals surface area contributed by atoms with Gasteiger partial charge in [0, 0.05) is 18.2 Å². The molecule has 1 aromatic rings. The first kappa shape index (κ1) is 15.2. The lowest BCUT2D eigenvalue weighted by atomic mass is 9.90. The number of amides is 1. The minimum absolute atomic E-state index is 0.0466. The Hall–Kier alpha value is -1.85. The molecule has 0 spiro atoms. The van der Waals surface area contributed by atoms with E-state index in [0.29, 0.717) is 5.82 Å². The number of aliphatic carboxylic acids is 1. The number of nitrogens with zero attached hydrogens (tertiary/aromatic N) is 2. The summed E-state index contributed by atoms with van der Waals surface area (Å²) in [6.07, 6.45) is 3.32.